The summed E-state index contributed by atoms with van der Waals surface area (Å²) in [4.78, 5) is 14.3. The summed E-state index contributed by atoms with van der Waals surface area (Å²) in [6.45, 7) is 1.00. The van der Waals surface area contributed by atoms with Gasteiger partial charge in [-0.25, -0.2) is 15.0 Å². The fourth-order valence-electron chi connectivity index (χ4n) is 3.48. The lowest BCUT2D eigenvalue weighted by Crippen LogP contribution is -2.24. The largest absolute Gasteiger partial charge is 0.454 e. The Hall–Kier alpha value is -2.46. The zero-order valence-corrected chi connectivity index (χ0v) is 16.4. The summed E-state index contributed by atoms with van der Waals surface area (Å²) in [5.41, 5.74) is 14.9. The Labute approximate surface area is 167 Å². The van der Waals surface area contributed by atoms with Gasteiger partial charge < -0.3 is 25.5 Å². The van der Waals surface area contributed by atoms with Gasteiger partial charge in [0, 0.05) is 17.5 Å². The molecule has 2 aromatic heterocycles. The van der Waals surface area contributed by atoms with E-state index in [2.05, 4.69) is 22.4 Å². The molecule has 1 aliphatic heterocycles. The highest BCUT2D eigenvalue weighted by Gasteiger charge is 2.28. The number of ether oxygens (including phenoxy) is 2. The topological polar surface area (TPSA) is 114 Å². The van der Waals surface area contributed by atoms with Crippen molar-refractivity contribution in [1.29, 1.82) is 0 Å². The van der Waals surface area contributed by atoms with Crippen molar-refractivity contribution in [2.75, 3.05) is 12.5 Å². The highest BCUT2D eigenvalue weighted by molar-refractivity contribution is 7.99. The zero-order valence-electron chi connectivity index (χ0n) is 15.6. The van der Waals surface area contributed by atoms with Gasteiger partial charge in [0.1, 0.15) is 14.2 Å². The Morgan fingerprint density at radius 2 is 2.04 bits per heavy atom. The van der Waals surface area contributed by atoms with Crippen LogP contribution in [0.25, 0.3) is 11.2 Å². The van der Waals surface area contributed by atoms with Crippen LogP contribution in [0.2, 0.25) is 0 Å². The first-order chi connectivity index (χ1) is 13.6. The van der Waals surface area contributed by atoms with E-state index in [4.69, 9.17) is 25.9 Å². The first-order valence-corrected chi connectivity index (χ1v) is 10.2. The normalized spacial score (nSPS) is 16.6. The minimum atomic E-state index is 0.210. The van der Waals surface area contributed by atoms with Crippen LogP contribution in [-0.2, 0) is 6.54 Å². The number of aromatic nitrogens is 4. The summed E-state index contributed by atoms with van der Waals surface area (Å²) >= 11 is 1.57. The van der Waals surface area contributed by atoms with Crippen LogP contribution < -0.4 is 26.4 Å². The molecule has 1 aromatic carbocycles. The van der Waals surface area contributed by atoms with Gasteiger partial charge in [-0.05, 0) is 37.3 Å². The molecule has 1 aliphatic carbocycles. The molecule has 1 atom stereocenters. The van der Waals surface area contributed by atoms with Crippen molar-refractivity contribution >= 4 is 42.1 Å². The molecular formula is C18H21BN6O2S. The average molecular weight is 396 g/mol. The molecule has 0 amide bonds. The molecule has 5 rings (SSSR count). The Bertz CT molecular complexity index is 1050. The van der Waals surface area contributed by atoms with Gasteiger partial charge in [-0.1, -0.05) is 17.2 Å². The van der Waals surface area contributed by atoms with Gasteiger partial charge in [-0.2, -0.15) is 0 Å². The van der Waals surface area contributed by atoms with Crippen molar-refractivity contribution in [3.8, 4) is 11.5 Å². The zero-order chi connectivity index (χ0) is 19.3. The van der Waals surface area contributed by atoms with Crippen LogP contribution in [0.5, 0.6) is 11.5 Å². The molecule has 0 saturated heterocycles. The van der Waals surface area contributed by atoms with Crippen LogP contribution >= 0.6 is 11.8 Å². The van der Waals surface area contributed by atoms with Gasteiger partial charge in [-0.15, -0.1) is 0 Å². The van der Waals surface area contributed by atoms with E-state index in [1.807, 2.05) is 12.1 Å². The lowest BCUT2D eigenvalue weighted by molar-refractivity contribution is 0.174. The molecule has 3 heterocycles. The standard InChI is InChI=1S/C18H21BN6O2S/c19-10-5-12-13(27-8-26-12)6-14(10)28-18-24-15-16(21)22-7-23-17(15)25(18)4-3-11(20)9-1-2-9/h5-7,9,11H,1-4,8,19-20H2,(H2,21,22,23). The lowest BCUT2D eigenvalue weighted by Gasteiger charge is -2.13. The van der Waals surface area contributed by atoms with Gasteiger partial charge >= 0.3 is 0 Å². The van der Waals surface area contributed by atoms with E-state index < -0.39 is 0 Å². The molecule has 1 unspecified atom stereocenters. The number of rotatable bonds is 6. The number of hydrogen-bond donors (Lipinski definition) is 2. The first kappa shape index (κ1) is 17.6. The molecule has 1 fully saturated rings. The van der Waals surface area contributed by atoms with Crippen molar-refractivity contribution in [2.24, 2.45) is 11.7 Å². The van der Waals surface area contributed by atoms with Gasteiger partial charge in [0.2, 0.25) is 6.79 Å². The number of hydrogen-bond acceptors (Lipinski definition) is 8. The number of fused-ring (bicyclic) bond motifs is 2. The van der Waals surface area contributed by atoms with E-state index in [1.165, 1.54) is 19.2 Å². The highest BCUT2D eigenvalue weighted by Crippen LogP contribution is 2.38. The van der Waals surface area contributed by atoms with E-state index in [9.17, 15) is 0 Å². The number of nitrogens with zero attached hydrogens (tertiary/aromatic N) is 4. The number of imidazole rings is 1. The van der Waals surface area contributed by atoms with Crippen molar-refractivity contribution in [1.82, 2.24) is 19.5 Å². The summed E-state index contributed by atoms with van der Waals surface area (Å²) in [5, 5.41) is 0.826. The fraction of sp³-hybridized carbons (Fsp3) is 0.389. The van der Waals surface area contributed by atoms with Crippen molar-refractivity contribution in [3.05, 3.63) is 18.5 Å². The number of aryl methyl sites for hydroxylation is 1. The van der Waals surface area contributed by atoms with Crippen LogP contribution in [0.15, 0.2) is 28.5 Å². The number of nitrogen functional groups attached to an aromatic ring is 1. The van der Waals surface area contributed by atoms with Crippen LogP contribution in [0.4, 0.5) is 5.82 Å². The Morgan fingerprint density at radius 3 is 2.82 bits per heavy atom. The summed E-state index contributed by atoms with van der Waals surface area (Å²) in [7, 11) is 2.05. The third-order valence-corrected chi connectivity index (χ3v) is 6.46. The van der Waals surface area contributed by atoms with Crippen LogP contribution in [0, 0.1) is 5.92 Å². The molecule has 1 saturated carbocycles. The van der Waals surface area contributed by atoms with E-state index >= 15 is 0 Å². The molecule has 8 nitrogen and oxygen atoms in total. The highest BCUT2D eigenvalue weighted by atomic mass is 32.2. The maximum atomic E-state index is 6.33. The summed E-state index contributed by atoms with van der Waals surface area (Å²) in [5.74, 6) is 2.58. The first-order valence-electron chi connectivity index (χ1n) is 9.40. The molecule has 10 heteroatoms. The predicted octanol–water partition coefficient (Wildman–Crippen LogP) is 0.674. The van der Waals surface area contributed by atoms with Crippen LogP contribution in [0.3, 0.4) is 0 Å². The van der Waals surface area contributed by atoms with E-state index in [1.54, 1.807) is 11.8 Å². The van der Waals surface area contributed by atoms with E-state index in [0.29, 0.717) is 17.3 Å². The van der Waals surface area contributed by atoms with Gasteiger partial charge in [0.05, 0.1) is 0 Å². The smallest absolute Gasteiger partial charge is 0.231 e. The van der Waals surface area contributed by atoms with Crippen LogP contribution in [-0.4, -0.2) is 40.2 Å². The average Bonchev–Trinajstić information content (AvgIpc) is 3.34. The maximum absolute atomic E-state index is 6.33. The Balaban J connectivity index is 1.51. The maximum Gasteiger partial charge on any atom is 0.231 e. The quantitative estimate of drug-likeness (QED) is 0.585. The third kappa shape index (κ3) is 3.16. The molecule has 0 bridgehead atoms. The molecule has 144 valence electrons. The number of benzene rings is 1. The van der Waals surface area contributed by atoms with Crippen LogP contribution in [0.1, 0.15) is 19.3 Å². The Kier molecular flexibility index (Phi) is 4.32. The van der Waals surface area contributed by atoms with E-state index in [0.717, 1.165) is 45.6 Å². The fourth-order valence-corrected chi connectivity index (χ4v) is 4.49. The monoisotopic (exact) mass is 396 g/mol. The molecular weight excluding hydrogens is 375 g/mol. The Morgan fingerprint density at radius 1 is 1.25 bits per heavy atom. The van der Waals surface area contributed by atoms with Crippen molar-refractivity contribution < 1.29 is 9.47 Å². The number of anilines is 1. The van der Waals surface area contributed by atoms with Crippen molar-refractivity contribution in [3.63, 3.8) is 0 Å². The molecule has 4 N–H and O–H groups in total. The van der Waals surface area contributed by atoms with E-state index in [-0.39, 0.29) is 12.8 Å². The SMILES string of the molecule is Bc1cc2c(cc1Sc1nc3c(N)ncnc3n1CCC(N)C1CC1)OCO2. The second-order valence-corrected chi connectivity index (χ2v) is 8.35. The second-order valence-electron chi connectivity index (χ2n) is 7.34. The molecule has 3 aromatic rings. The molecule has 0 spiro atoms. The third-order valence-electron chi connectivity index (χ3n) is 5.31. The molecule has 28 heavy (non-hydrogen) atoms. The summed E-state index contributed by atoms with van der Waals surface area (Å²) in [6.07, 6.45) is 4.84. The summed E-state index contributed by atoms with van der Waals surface area (Å²) < 4.78 is 13.1. The second kappa shape index (κ2) is 6.86. The minimum absolute atomic E-state index is 0.210. The lowest BCUT2D eigenvalue weighted by atomic mass is 9.96. The van der Waals surface area contributed by atoms with Gasteiger partial charge in [0.25, 0.3) is 0 Å². The minimum Gasteiger partial charge on any atom is -0.454 e. The van der Waals surface area contributed by atoms with Crippen molar-refractivity contribution in [2.45, 2.75) is 41.9 Å². The predicted molar refractivity (Wildman–Crippen MR) is 110 cm³/mol. The molecule has 0 radical (unpaired) electrons. The van der Waals surface area contributed by atoms with Gasteiger partial charge in [0.15, 0.2) is 33.6 Å². The summed E-state index contributed by atoms with van der Waals surface area (Å²) in [6, 6.07) is 4.20. The number of nitrogens with two attached hydrogens (primary N) is 2. The molecule has 2 aliphatic rings. The van der Waals surface area contributed by atoms with Gasteiger partial charge in [-0.3, -0.25) is 0 Å².